The average molecular weight is 471 g/mol. The predicted molar refractivity (Wildman–Crippen MR) is 95.7 cm³/mol. The summed E-state index contributed by atoms with van der Waals surface area (Å²) in [5.41, 5.74) is 4.64. The van der Waals surface area contributed by atoms with Crippen molar-refractivity contribution < 1.29 is 50.8 Å². The third kappa shape index (κ3) is 4.95. The standard InChI is InChI=1S/C9H7.C8H9NO.C2H7Si.2ClH.Zr/c1-2-5-9-7-3-6-8(9)4-1;1-6-4-2-3-5-7(6)8(9)10;1-3-2;;;/h1-7H;2-5H,1H3,(H2,9,10);3H,1-2H3;2*1H;/q;;;;;+3/p-3. The number of hydrogen-bond acceptors (Lipinski definition) is 1. The van der Waals surface area contributed by atoms with E-state index in [1.807, 2.05) is 31.2 Å². The molecule has 1 amide bonds. The van der Waals surface area contributed by atoms with Gasteiger partial charge in [-0.1, -0.05) is 0 Å². The Morgan fingerprint density at radius 2 is 1.68 bits per heavy atom. The number of amides is 1. The quantitative estimate of drug-likeness (QED) is 0.516. The van der Waals surface area contributed by atoms with Crippen molar-refractivity contribution in [2.75, 3.05) is 0 Å². The molecule has 0 bridgehead atoms. The largest absolute Gasteiger partial charge is 1.00 e. The van der Waals surface area contributed by atoms with Crippen LogP contribution < -0.4 is 28.1 Å². The van der Waals surface area contributed by atoms with Gasteiger partial charge in [0.15, 0.2) is 0 Å². The Morgan fingerprint density at radius 3 is 2.36 bits per heavy atom. The number of carbonyl (C=O) groups is 1. The van der Waals surface area contributed by atoms with Gasteiger partial charge < -0.3 is 24.8 Å². The number of halogens is 2. The molecule has 0 heterocycles. The Hall–Kier alpha value is -0.670. The van der Waals surface area contributed by atoms with E-state index in [2.05, 4.69) is 52.8 Å². The molecule has 0 aliphatic heterocycles. The van der Waals surface area contributed by atoms with E-state index in [9.17, 15) is 4.79 Å². The predicted octanol–water partition coefficient (Wildman–Crippen LogP) is -1.98. The molecule has 131 valence electrons. The van der Waals surface area contributed by atoms with Crippen molar-refractivity contribution in [1.82, 2.24) is 3.26 Å². The van der Waals surface area contributed by atoms with Gasteiger partial charge in [0.25, 0.3) is 0 Å². The maximum atomic E-state index is 12.8. The van der Waals surface area contributed by atoms with E-state index in [0.717, 1.165) is 11.1 Å². The summed E-state index contributed by atoms with van der Waals surface area (Å²) >= 11 is -2.06. The summed E-state index contributed by atoms with van der Waals surface area (Å²) in [5.74, 6) is -0.744. The molecule has 1 aliphatic carbocycles. The number of rotatable bonds is 4. The molecule has 2 aromatic carbocycles. The molecular formula is C19H22Cl2NOSiZr. The van der Waals surface area contributed by atoms with Gasteiger partial charge in [-0.05, 0) is 0 Å². The molecule has 0 spiro atoms. The van der Waals surface area contributed by atoms with Crippen LogP contribution >= 0.6 is 0 Å². The molecule has 25 heavy (non-hydrogen) atoms. The molecular weight excluding hydrogens is 448 g/mol. The van der Waals surface area contributed by atoms with Crippen molar-refractivity contribution in [2.24, 2.45) is 0 Å². The molecule has 2 nitrogen and oxygen atoms in total. The van der Waals surface area contributed by atoms with Crippen molar-refractivity contribution in [2.45, 2.75) is 23.6 Å². The van der Waals surface area contributed by atoms with E-state index >= 15 is 0 Å². The van der Waals surface area contributed by atoms with Gasteiger partial charge >= 0.3 is 148 Å². The van der Waals surface area contributed by atoms with Crippen molar-refractivity contribution in [1.29, 1.82) is 0 Å². The van der Waals surface area contributed by atoms with Gasteiger partial charge in [0.1, 0.15) is 0 Å². The molecule has 1 unspecified atom stereocenters. The van der Waals surface area contributed by atoms with Crippen LogP contribution in [0.2, 0.25) is 13.1 Å². The minimum absolute atomic E-state index is 0. The molecule has 0 aromatic heterocycles. The number of aryl methyl sites for hydroxylation is 1. The Labute approximate surface area is 171 Å². The van der Waals surface area contributed by atoms with E-state index in [1.165, 1.54) is 11.1 Å². The first-order valence-electron chi connectivity index (χ1n) is 8.08. The maximum Gasteiger partial charge on any atom is -1.00 e. The minimum atomic E-state index is -2.06. The zero-order valence-corrected chi connectivity index (χ0v) is 19.7. The second-order valence-electron chi connectivity index (χ2n) is 6.34. The van der Waals surface area contributed by atoms with E-state index in [0.29, 0.717) is 3.63 Å². The van der Waals surface area contributed by atoms with E-state index < -0.39 is 27.1 Å². The number of carbonyl (C=O) groups excluding carboxylic acids is 1. The third-order valence-corrected chi connectivity index (χ3v) is 22.0. The Balaban J connectivity index is 0.00000156. The summed E-state index contributed by atoms with van der Waals surface area (Å²) in [7, 11) is 0. The fourth-order valence-corrected chi connectivity index (χ4v) is 17.6. The van der Waals surface area contributed by atoms with Crippen molar-refractivity contribution in [3.8, 4) is 0 Å². The van der Waals surface area contributed by atoms with Crippen molar-refractivity contribution in [3.63, 3.8) is 0 Å². The van der Waals surface area contributed by atoms with Crippen LogP contribution in [0.3, 0.4) is 0 Å². The molecule has 0 fully saturated rings. The number of hydrogen-bond donors (Lipinski definition) is 1. The molecule has 1 aliphatic rings. The average Bonchev–Trinajstić information content (AvgIpc) is 2.96. The van der Waals surface area contributed by atoms with Crippen molar-refractivity contribution in [3.05, 3.63) is 76.9 Å². The fourth-order valence-electron chi connectivity index (χ4n) is 3.13. The van der Waals surface area contributed by atoms with Crippen LogP contribution in [-0.2, 0) is 21.2 Å². The Morgan fingerprint density at radius 1 is 1.04 bits per heavy atom. The number of benzene rings is 2. The first kappa shape index (κ1) is 22.4. The van der Waals surface area contributed by atoms with Gasteiger partial charge in [-0.3, -0.25) is 0 Å². The van der Waals surface area contributed by atoms with Crippen LogP contribution in [0.15, 0.2) is 54.6 Å². The van der Waals surface area contributed by atoms with Crippen LogP contribution in [0.1, 0.15) is 30.7 Å². The molecule has 3 rings (SSSR count). The molecule has 0 radical (unpaired) electrons. The minimum Gasteiger partial charge on any atom is -1.00 e. The number of allylic oxidation sites excluding steroid dienone is 1. The molecule has 0 saturated carbocycles. The van der Waals surface area contributed by atoms with Gasteiger partial charge in [-0.25, -0.2) is 0 Å². The monoisotopic (exact) mass is 468 g/mol. The van der Waals surface area contributed by atoms with Gasteiger partial charge in [0.05, 0.1) is 0 Å². The number of fused-ring (bicyclic) bond motifs is 1. The second-order valence-corrected chi connectivity index (χ2v) is 25.2. The van der Waals surface area contributed by atoms with Crippen LogP contribution in [-0.4, -0.2) is 11.8 Å². The molecule has 1 atom stereocenters. The van der Waals surface area contributed by atoms with E-state index in [-0.39, 0.29) is 30.7 Å². The zero-order chi connectivity index (χ0) is 16.4. The first-order chi connectivity index (χ1) is 11.1. The third-order valence-electron chi connectivity index (χ3n) is 4.40. The van der Waals surface area contributed by atoms with E-state index in [1.54, 1.807) is 0 Å². The van der Waals surface area contributed by atoms with Crippen LogP contribution in [0, 0.1) is 6.92 Å². The summed E-state index contributed by atoms with van der Waals surface area (Å²) in [6.45, 7) is 6.79. The maximum absolute atomic E-state index is 12.8. The summed E-state index contributed by atoms with van der Waals surface area (Å²) < 4.78 is 4.02. The Bertz CT molecular complexity index is 767. The molecule has 0 saturated heterocycles. The van der Waals surface area contributed by atoms with Crippen LogP contribution in [0.4, 0.5) is 0 Å². The summed E-state index contributed by atoms with van der Waals surface area (Å²) in [4.78, 5) is 12.8. The zero-order valence-electron chi connectivity index (χ0n) is 14.6. The summed E-state index contributed by atoms with van der Waals surface area (Å²) in [6.07, 6.45) is 4.57. The number of nitrogens with one attached hydrogen (secondary N) is 1. The van der Waals surface area contributed by atoms with Gasteiger partial charge in [-0.15, -0.1) is 0 Å². The van der Waals surface area contributed by atoms with Gasteiger partial charge in [0, 0.05) is 0 Å². The summed E-state index contributed by atoms with van der Waals surface area (Å²) in [5, 5.41) is 0. The topological polar surface area (TPSA) is 29.1 Å². The van der Waals surface area contributed by atoms with Crippen molar-refractivity contribution >= 4 is 17.9 Å². The van der Waals surface area contributed by atoms with Crippen LogP contribution in [0.5, 0.6) is 0 Å². The SMILES string of the molecule is Cc1ccccc1C(=O)[NH][Zr+2]([CH]1C=Cc2ccccc21)[SiH](C)C.[Cl-].[Cl-]. The Kier molecular flexibility index (Phi) is 8.83. The molecule has 1 N–H and O–H groups in total. The first-order valence-corrected chi connectivity index (χ1v) is 17.9. The summed E-state index contributed by atoms with van der Waals surface area (Å²) in [6, 6.07) is 16.5. The smallest absolute Gasteiger partial charge is 1.00 e. The fraction of sp³-hybridized carbons (Fsp3) is 0.211. The van der Waals surface area contributed by atoms with Crippen LogP contribution in [0.25, 0.3) is 6.08 Å². The van der Waals surface area contributed by atoms with E-state index in [4.69, 9.17) is 0 Å². The molecule has 2 aromatic rings. The normalized spacial score (nSPS) is 14.3. The second kappa shape index (κ2) is 9.87. The van der Waals surface area contributed by atoms with Gasteiger partial charge in [-0.2, -0.15) is 0 Å². The van der Waals surface area contributed by atoms with Gasteiger partial charge in [0.2, 0.25) is 0 Å². The molecule has 6 heteroatoms.